The Morgan fingerprint density at radius 3 is 2.08 bits per heavy atom. The summed E-state index contributed by atoms with van der Waals surface area (Å²) in [5.74, 6) is 2.37. The van der Waals surface area contributed by atoms with E-state index < -0.39 is 0 Å². The Morgan fingerprint density at radius 2 is 1.54 bits per heavy atom. The fourth-order valence-electron chi connectivity index (χ4n) is 2.76. The normalized spacial score (nSPS) is 11.5. The second kappa shape index (κ2) is 9.04. The SMILES string of the molecule is C=CCc1cc(OC)c(O[C@H](C)Cc2ccc(O)c(OC)c2)c(OC)c1. The molecule has 0 saturated heterocycles. The molecule has 0 heterocycles. The fraction of sp³-hybridized carbons (Fsp3) is 0.333. The number of benzene rings is 2. The lowest BCUT2D eigenvalue weighted by molar-refractivity contribution is 0.201. The average Bonchev–Trinajstić information content (AvgIpc) is 2.64. The van der Waals surface area contributed by atoms with Gasteiger partial charge in [0.1, 0.15) is 6.10 Å². The molecular formula is C21H26O5. The van der Waals surface area contributed by atoms with E-state index in [0.29, 0.717) is 29.4 Å². The molecule has 2 aromatic rings. The smallest absolute Gasteiger partial charge is 0.203 e. The lowest BCUT2D eigenvalue weighted by Crippen LogP contribution is -2.16. The van der Waals surface area contributed by atoms with Gasteiger partial charge < -0.3 is 24.1 Å². The molecule has 0 spiro atoms. The van der Waals surface area contributed by atoms with E-state index in [1.54, 1.807) is 26.4 Å². The van der Waals surface area contributed by atoms with Gasteiger partial charge in [-0.05, 0) is 48.7 Å². The summed E-state index contributed by atoms with van der Waals surface area (Å²) in [5, 5.41) is 9.71. The molecular weight excluding hydrogens is 332 g/mol. The molecule has 0 unspecified atom stereocenters. The molecule has 0 bridgehead atoms. The summed E-state index contributed by atoms with van der Waals surface area (Å²) in [5.41, 5.74) is 2.03. The summed E-state index contributed by atoms with van der Waals surface area (Å²) in [4.78, 5) is 0. The molecule has 5 nitrogen and oxygen atoms in total. The maximum absolute atomic E-state index is 9.71. The number of hydrogen-bond acceptors (Lipinski definition) is 5. The molecule has 2 rings (SSSR count). The van der Waals surface area contributed by atoms with Gasteiger partial charge in [0.05, 0.1) is 21.3 Å². The Hall–Kier alpha value is -2.82. The van der Waals surface area contributed by atoms with E-state index in [-0.39, 0.29) is 11.9 Å². The van der Waals surface area contributed by atoms with Crippen LogP contribution in [0.1, 0.15) is 18.1 Å². The van der Waals surface area contributed by atoms with Gasteiger partial charge >= 0.3 is 0 Å². The molecule has 0 amide bonds. The zero-order valence-corrected chi connectivity index (χ0v) is 15.7. The predicted molar refractivity (Wildman–Crippen MR) is 102 cm³/mol. The van der Waals surface area contributed by atoms with Crippen molar-refractivity contribution in [2.24, 2.45) is 0 Å². The molecule has 140 valence electrons. The number of methoxy groups -OCH3 is 3. The van der Waals surface area contributed by atoms with E-state index in [4.69, 9.17) is 18.9 Å². The average molecular weight is 358 g/mol. The van der Waals surface area contributed by atoms with Gasteiger partial charge in [0.25, 0.3) is 0 Å². The zero-order chi connectivity index (χ0) is 19.1. The highest BCUT2D eigenvalue weighted by atomic mass is 16.5. The van der Waals surface area contributed by atoms with Crippen molar-refractivity contribution in [3.8, 4) is 28.7 Å². The van der Waals surface area contributed by atoms with E-state index in [2.05, 4.69) is 6.58 Å². The van der Waals surface area contributed by atoms with Crippen LogP contribution < -0.4 is 18.9 Å². The van der Waals surface area contributed by atoms with Crippen molar-refractivity contribution >= 4 is 0 Å². The Morgan fingerprint density at radius 1 is 0.962 bits per heavy atom. The van der Waals surface area contributed by atoms with Crippen LogP contribution >= 0.6 is 0 Å². The molecule has 0 fully saturated rings. The zero-order valence-electron chi connectivity index (χ0n) is 15.7. The highest BCUT2D eigenvalue weighted by molar-refractivity contribution is 5.54. The first kappa shape index (κ1) is 19.5. The number of ether oxygens (including phenoxy) is 4. The van der Waals surface area contributed by atoms with E-state index in [9.17, 15) is 5.11 Å². The van der Waals surface area contributed by atoms with Crippen molar-refractivity contribution in [3.63, 3.8) is 0 Å². The third kappa shape index (κ3) is 4.63. The van der Waals surface area contributed by atoms with Gasteiger partial charge in [-0.2, -0.15) is 0 Å². The van der Waals surface area contributed by atoms with Gasteiger partial charge in [-0.15, -0.1) is 6.58 Å². The highest BCUT2D eigenvalue weighted by Crippen LogP contribution is 2.39. The number of rotatable bonds is 9. The second-order valence-corrected chi connectivity index (χ2v) is 5.96. The molecule has 0 saturated carbocycles. The van der Waals surface area contributed by atoms with Crippen LogP contribution in [0.4, 0.5) is 0 Å². The van der Waals surface area contributed by atoms with Crippen LogP contribution in [-0.2, 0) is 12.8 Å². The van der Waals surface area contributed by atoms with Crippen LogP contribution in [-0.4, -0.2) is 32.5 Å². The highest BCUT2D eigenvalue weighted by Gasteiger charge is 2.17. The summed E-state index contributed by atoms with van der Waals surface area (Å²) in [6, 6.07) is 9.12. The lowest BCUT2D eigenvalue weighted by atomic mass is 10.1. The van der Waals surface area contributed by atoms with Crippen LogP contribution in [0.3, 0.4) is 0 Å². The van der Waals surface area contributed by atoms with Crippen molar-refractivity contribution in [2.45, 2.75) is 25.9 Å². The maximum Gasteiger partial charge on any atom is 0.203 e. The fourth-order valence-corrected chi connectivity index (χ4v) is 2.76. The van der Waals surface area contributed by atoms with Crippen molar-refractivity contribution in [1.82, 2.24) is 0 Å². The summed E-state index contributed by atoms with van der Waals surface area (Å²) in [7, 11) is 4.74. The molecule has 1 atom stereocenters. The van der Waals surface area contributed by atoms with Crippen LogP contribution in [0, 0.1) is 0 Å². The standard InChI is InChI=1S/C21H26O5/c1-6-7-15-12-19(24-4)21(20(13-15)25-5)26-14(2)10-16-8-9-17(22)18(11-16)23-3/h6,8-9,11-14,22H,1,7,10H2,2-5H3/t14-/m1/s1. The van der Waals surface area contributed by atoms with E-state index >= 15 is 0 Å². The Bertz CT molecular complexity index is 729. The molecule has 5 heteroatoms. The number of phenols is 1. The summed E-state index contributed by atoms with van der Waals surface area (Å²) in [6.07, 6.45) is 3.04. The molecule has 1 N–H and O–H groups in total. The topological polar surface area (TPSA) is 57.2 Å². The van der Waals surface area contributed by atoms with E-state index in [0.717, 1.165) is 17.5 Å². The van der Waals surface area contributed by atoms with Crippen molar-refractivity contribution < 1.29 is 24.1 Å². The second-order valence-electron chi connectivity index (χ2n) is 5.96. The Labute approximate surface area is 154 Å². The van der Waals surface area contributed by atoms with Gasteiger partial charge in [0, 0.05) is 6.42 Å². The molecule has 0 aliphatic rings. The minimum Gasteiger partial charge on any atom is -0.504 e. The van der Waals surface area contributed by atoms with Gasteiger partial charge in [0.15, 0.2) is 23.0 Å². The van der Waals surface area contributed by atoms with Gasteiger partial charge in [-0.3, -0.25) is 0 Å². The summed E-state index contributed by atoms with van der Waals surface area (Å²) >= 11 is 0. The number of aromatic hydroxyl groups is 1. The number of allylic oxidation sites excluding steroid dienone is 1. The van der Waals surface area contributed by atoms with Crippen molar-refractivity contribution in [2.75, 3.05) is 21.3 Å². The first-order valence-electron chi connectivity index (χ1n) is 8.40. The third-order valence-corrected chi connectivity index (χ3v) is 3.99. The Kier molecular flexibility index (Phi) is 6.78. The van der Waals surface area contributed by atoms with Crippen LogP contribution in [0.25, 0.3) is 0 Å². The van der Waals surface area contributed by atoms with Gasteiger partial charge in [0.2, 0.25) is 5.75 Å². The summed E-state index contributed by atoms with van der Waals surface area (Å²) in [6.45, 7) is 5.73. The van der Waals surface area contributed by atoms with Gasteiger partial charge in [-0.1, -0.05) is 12.1 Å². The van der Waals surface area contributed by atoms with Gasteiger partial charge in [-0.25, -0.2) is 0 Å². The minimum absolute atomic E-state index is 0.117. The van der Waals surface area contributed by atoms with Crippen molar-refractivity contribution in [3.05, 3.63) is 54.1 Å². The predicted octanol–water partition coefficient (Wildman–Crippen LogP) is 4.16. The number of phenolic OH excluding ortho intramolecular Hbond substituents is 1. The number of hydrogen-bond donors (Lipinski definition) is 1. The van der Waals surface area contributed by atoms with Crippen LogP contribution in [0.2, 0.25) is 0 Å². The first-order chi connectivity index (χ1) is 12.5. The first-order valence-corrected chi connectivity index (χ1v) is 8.40. The monoisotopic (exact) mass is 358 g/mol. The lowest BCUT2D eigenvalue weighted by Gasteiger charge is -2.20. The molecule has 0 aromatic heterocycles. The molecule has 0 radical (unpaired) electrons. The molecule has 0 aliphatic carbocycles. The maximum atomic E-state index is 9.71. The van der Waals surface area contributed by atoms with E-state index in [1.165, 1.54) is 7.11 Å². The molecule has 0 aliphatic heterocycles. The minimum atomic E-state index is -0.141. The molecule has 26 heavy (non-hydrogen) atoms. The van der Waals surface area contributed by atoms with Crippen molar-refractivity contribution in [1.29, 1.82) is 0 Å². The third-order valence-electron chi connectivity index (χ3n) is 3.99. The van der Waals surface area contributed by atoms with Crippen LogP contribution in [0.15, 0.2) is 43.0 Å². The van der Waals surface area contributed by atoms with Crippen LogP contribution in [0.5, 0.6) is 28.7 Å². The van der Waals surface area contributed by atoms with E-state index in [1.807, 2.05) is 31.2 Å². The summed E-state index contributed by atoms with van der Waals surface area (Å²) < 4.78 is 22.2. The quantitative estimate of drug-likeness (QED) is 0.682. The molecule has 2 aromatic carbocycles. The largest absolute Gasteiger partial charge is 0.504 e. The Balaban J connectivity index is 2.22.